The summed E-state index contributed by atoms with van der Waals surface area (Å²) in [7, 11) is -3.18. The highest BCUT2D eigenvalue weighted by Crippen LogP contribution is 2.25. The van der Waals surface area contributed by atoms with E-state index in [0.717, 1.165) is 5.56 Å². The number of hydrogen-bond acceptors (Lipinski definition) is 4. The molecule has 5 nitrogen and oxygen atoms in total. The molecular weight excluding hydrogens is 290 g/mol. The third-order valence-corrected chi connectivity index (χ3v) is 5.41. The minimum absolute atomic E-state index is 0.185. The van der Waals surface area contributed by atoms with Crippen molar-refractivity contribution in [2.45, 2.75) is 24.3 Å². The first-order valence-corrected chi connectivity index (χ1v) is 8.38. The van der Waals surface area contributed by atoms with E-state index in [1.807, 2.05) is 0 Å². The summed E-state index contributed by atoms with van der Waals surface area (Å²) in [5.41, 5.74) is 1.20. The lowest BCUT2D eigenvalue weighted by Crippen LogP contribution is -2.23. The summed E-state index contributed by atoms with van der Waals surface area (Å²) in [6.07, 6.45) is 2.84. The first-order valence-electron chi connectivity index (χ1n) is 6.72. The Hall–Kier alpha value is -2.08. The Morgan fingerprint density at radius 3 is 2.90 bits per heavy atom. The van der Waals surface area contributed by atoms with Crippen LogP contribution in [0.25, 0.3) is 0 Å². The van der Waals surface area contributed by atoms with Gasteiger partial charge in [-0.15, -0.1) is 0 Å². The van der Waals surface area contributed by atoms with Crippen molar-refractivity contribution < 1.29 is 17.6 Å². The minimum Gasteiger partial charge on any atom is -0.467 e. The van der Waals surface area contributed by atoms with E-state index in [1.54, 1.807) is 30.5 Å². The Kier molecular flexibility index (Phi) is 3.55. The minimum atomic E-state index is -3.18. The predicted molar refractivity (Wildman–Crippen MR) is 76.7 cm³/mol. The highest BCUT2D eigenvalue weighted by atomic mass is 32.2. The van der Waals surface area contributed by atoms with Gasteiger partial charge in [-0.3, -0.25) is 4.79 Å². The van der Waals surface area contributed by atoms with Crippen LogP contribution in [0.5, 0.6) is 0 Å². The summed E-state index contributed by atoms with van der Waals surface area (Å²) in [4.78, 5) is 12.4. The second kappa shape index (κ2) is 5.37. The van der Waals surface area contributed by atoms with E-state index in [2.05, 4.69) is 5.32 Å². The smallest absolute Gasteiger partial charge is 0.251 e. The summed E-state index contributed by atoms with van der Waals surface area (Å²) in [6.45, 7) is 0.307. The second-order valence-corrected chi connectivity index (χ2v) is 7.08. The molecule has 21 heavy (non-hydrogen) atoms. The van der Waals surface area contributed by atoms with E-state index in [0.29, 0.717) is 35.6 Å². The van der Waals surface area contributed by atoms with Crippen LogP contribution >= 0.6 is 0 Å². The number of amides is 1. The summed E-state index contributed by atoms with van der Waals surface area (Å²) in [5.74, 6) is 0.616. The number of aryl methyl sites for hydroxylation is 1. The lowest BCUT2D eigenvalue weighted by Gasteiger charge is -2.16. The molecule has 0 radical (unpaired) electrons. The van der Waals surface area contributed by atoms with Gasteiger partial charge < -0.3 is 9.73 Å². The molecule has 0 unspecified atom stereocenters. The van der Waals surface area contributed by atoms with Crippen LogP contribution < -0.4 is 5.32 Å². The molecule has 0 fully saturated rings. The maximum Gasteiger partial charge on any atom is 0.251 e. The van der Waals surface area contributed by atoms with Gasteiger partial charge in [0, 0.05) is 5.56 Å². The monoisotopic (exact) mass is 305 g/mol. The molecule has 1 aliphatic heterocycles. The van der Waals surface area contributed by atoms with Crippen LogP contribution in [0.15, 0.2) is 45.9 Å². The van der Waals surface area contributed by atoms with Crippen molar-refractivity contribution in [2.75, 3.05) is 5.75 Å². The first kappa shape index (κ1) is 13.9. The van der Waals surface area contributed by atoms with E-state index < -0.39 is 9.84 Å². The SMILES string of the molecule is O=C(NCc1ccco1)c1ccc2c(c1)CCCS2(=O)=O. The topological polar surface area (TPSA) is 76.4 Å². The van der Waals surface area contributed by atoms with Crippen molar-refractivity contribution in [3.05, 3.63) is 53.5 Å². The van der Waals surface area contributed by atoms with Crippen LogP contribution in [-0.2, 0) is 22.8 Å². The van der Waals surface area contributed by atoms with Crippen LogP contribution in [-0.4, -0.2) is 20.1 Å². The molecule has 0 saturated heterocycles. The van der Waals surface area contributed by atoms with Gasteiger partial charge in [-0.25, -0.2) is 8.42 Å². The van der Waals surface area contributed by atoms with E-state index in [1.165, 1.54) is 6.07 Å². The lowest BCUT2D eigenvalue weighted by molar-refractivity contribution is 0.0948. The third-order valence-electron chi connectivity index (χ3n) is 3.52. The zero-order valence-electron chi connectivity index (χ0n) is 11.3. The van der Waals surface area contributed by atoms with Gasteiger partial charge in [0.1, 0.15) is 5.76 Å². The van der Waals surface area contributed by atoms with E-state index in [9.17, 15) is 13.2 Å². The van der Waals surface area contributed by atoms with Gasteiger partial charge in [0.15, 0.2) is 9.84 Å². The summed E-state index contributed by atoms with van der Waals surface area (Å²) in [6, 6.07) is 8.29. The Balaban J connectivity index is 1.79. The van der Waals surface area contributed by atoms with Crippen LogP contribution in [0.4, 0.5) is 0 Å². The molecule has 3 rings (SSSR count). The highest BCUT2D eigenvalue weighted by molar-refractivity contribution is 7.91. The number of furan rings is 1. The average Bonchev–Trinajstić information content (AvgIpc) is 2.97. The molecule has 110 valence electrons. The fraction of sp³-hybridized carbons (Fsp3) is 0.267. The van der Waals surface area contributed by atoms with Crippen molar-refractivity contribution in [3.63, 3.8) is 0 Å². The van der Waals surface area contributed by atoms with Crippen molar-refractivity contribution in [3.8, 4) is 0 Å². The summed E-state index contributed by atoms with van der Waals surface area (Å²) in [5, 5.41) is 2.75. The van der Waals surface area contributed by atoms with E-state index in [-0.39, 0.29) is 11.7 Å². The fourth-order valence-corrected chi connectivity index (χ4v) is 4.04. The summed E-state index contributed by atoms with van der Waals surface area (Å²) >= 11 is 0. The Labute approximate surface area is 122 Å². The molecule has 2 aromatic rings. The van der Waals surface area contributed by atoms with Gasteiger partial charge >= 0.3 is 0 Å². The van der Waals surface area contributed by atoms with Gasteiger partial charge in [-0.2, -0.15) is 0 Å². The Morgan fingerprint density at radius 1 is 1.29 bits per heavy atom. The molecule has 6 heteroatoms. The number of sulfone groups is 1. The second-order valence-electron chi connectivity index (χ2n) is 5.01. The van der Waals surface area contributed by atoms with Crippen molar-refractivity contribution in [1.29, 1.82) is 0 Å². The van der Waals surface area contributed by atoms with Gasteiger partial charge in [0.05, 0.1) is 23.5 Å². The number of carbonyl (C=O) groups excluding carboxylic acids is 1. The molecule has 1 amide bonds. The number of carbonyl (C=O) groups is 1. The maximum absolute atomic E-state index is 12.1. The number of nitrogens with one attached hydrogen (secondary N) is 1. The van der Waals surface area contributed by atoms with Crippen LogP contribution in [0.2, 0.25) is 0 Å². The van der Waals surface area contributed by atoms with Crippen molar-refractivity contribution in [2.24, 2.45) is 0 Å². The standard InChI is InChI=1S/C15H15NO4S/c17-15(16-10-13-4-1-7-20-13)12-5-6-14-11(9-12)3-2-8-21(14,18)19/h1,4-7,9H,2-3,8,10H2,(H,16,17). The zero-order valence-corrected chi connectivity index (χ0v) is 12.2. The fourth-order valence-electron chi connectivity index (χ4n) is 2.46. The predicted octanol–water partition coefficient (Wildman–Crippen LogP) is 1.93. The molecule has 0 atom stereocenters. The molecule has 1 aromatic heterocycles. The molecular formula is C15H15NO4S. The quantitative estimate of drug-likeness (QED) is 0.940. The Bertz CT molecular complexity index is 763. The molecule has 2 heterocycles. The molecule has 0 saturated carbocycles. The van der Waals surface area contributed by atoms with Crippen LogP contribution in [0.3, 0.4) is 0 Å². The van der Waals surface area contributed by atoms with Crippen molar-refractivity contribution >= 4 is 15.7 Å². The van der Waals surface area contributed by atoms with Crippen LogP contribution in [0, 0.1) is 0 Å². The van der Waals surface area contributed by atoms with Crippen LogP contribution in [0.1, 0.15) is 28.1 Å². The molecule has 1 N–H and O–H groups in total. The first-order chi connectivity index (χ1) is 10.1. The maximum atomic E-state index is 12.1. The molecule has 1 aliphatic rings. The van der Waals surface area contributed by atoms with Gasteiger partial charge in [-0.1, -0.05) is 0 Å². The molecule has 0 spiro atoms. The van der Waals surface area contributed by atoms with Crippen molar-refractivity contribution in [1.82, 2.24) is 5.32 Å². The average molecular weight is 305 g/mol. The largest absolute Gasteiger partial charge is 0.467 e. The third kappa shape index (κ3) is 2.85. The number of fused-ring (bicyclic) bond motifs is 1. The van der Waals surface area contributed by atoms with Gasteiger partial charge in [0.2, 0.25) is 0 Å². The number of benzene rings is 1. The molecule has 1 aromatic carbocycles. The zero-order chi connectivity index (χ0) is 14.9. The highest BCUT2D eigenvalue weighted by Gasteiger charge is 2.24. The van der Waals surface area contributed by atoms with Gasteiger partial charge in [-0.05, 0) is 48.7 Å². The van der Waals surface area contributed by atoms with E-state index in [4.69, 9.17) is 4.42 Å². The molecule has 0 aliphatic carbocycles. The summed E-state index contributed by atoms with van der Waals surface area (Å²) < 4.78 is 29.0. The lowest BCUT2D eigenvalue weighted by atomic mass is 10.1. The normalized spacial score (nSPS) is 16.2. The van der Waals surface area contributed by atoms with E-state index >= 15 is 0 Å². The number of rotatable bonds is 3. The number of hydrogen-bond donors (Lipinski definition) is 1. The van der Waals surface area contributed by atoms with Gasteiger partial charge in [0.25, 0.3) is 5.91 Å². The molecule has 0 bridgehead atoms. The Morgan fingerprint density at radius 2 is 2.14 bits per heavy atom.